The predicted octanol–water partition coefficient (Wildman–Crippen LogP) is -2.44. The number of hydrogen-bond donors (Lipinski definition) is 4. The maximum Gasteiger partial charge on any atom is 0.346 e. The molecule has 4 atom stereocenters. The first-order valence-electron chi connectivity index (χ1n) is 5.93. The second-order valence-electron chi connectivity index (χ2n) is 4.37. The van der Waals surface area contributed by atoms with Gasteiger partial charge in [-0.15, -0.1) is 0 Å². The summed E-state index contributed by atoms with van der Waals surface area (Å²) in [6, 6.07) is 1.36. The summed E-state index contributed by atoms with van der Waals surface area (Å²) in [4.78, 5) is 29.8. The van der Waals surface area contributed by atoms with E-state index in [-0.39, 0.29) is 5.82 Å². The van der Waals surface area contributed by atoms with E-state index in [1.165, 1.54) is 19.2 Å². The van der Waals surface area contributed by atoms with Gasteiger partial charge < -0.3 is 25.0 Å². The molecule has 0 aliphatic carbocycles. The zero-order valence-corrected chi connectivity index (χ0v) is 10.6. The number of aromatic amines is 1. The van der Waals surface area contributed by atoms with Crippen molar-refractivity contribution in [3.05, 3.63) is 22.7 Å². The van der Waals surface area contributed by atoms with Gasteiger partial charge in [-0.25, -0.2) is 4.79 Å². The van der Waals surface area contributed by atoms with Crippen LogP contribution in [0.15, 0.2) is 17.1 Å². The molecule has 110 valence electrons. The van der Waals surface area contributed by atoms with Crippen molar-refractivity contribution in [2.24, 2.45) is 0 Å². The first-order valence-corrected chi connectivity index (χ1v) is 5.93. The average Bonchev–Trinajstić information content (AvgIpc) is 2.67. The van der Waals surface area contributed by atoms with Crippen molar-refractivity contribution in [2.75, 3.05) is 11.5 Å². The normalized spacial score (nSPS) is 29.4. The minimum atomic E-state index is -1.42. The van der Waals surface area contributed by atoms with Crippen LogP contribution >= 0.6 is 0 Å². The first kappa shape index (κ1) is 14.6. The number of H-pyrrole nitrogens is 1. The molecule has 9 heteroatoms. The number of aliphatic hydroxyl groups is 3. The van der Waals surface area contributed by atoms with E-state index in [1.807, 2.05) is 0 Å². The standard InChI is InChI=1S/C11H15N3O6/c1-5(16)14(7-2-3-12-11(19)13-7)10-9(18)8(17)6(4-15)20-10/h2-3,6,8-10,15,17-18H,4H2,1H3,(H,12,13,19)/t6-,8-,9+,10-/m1/s1. The Morgan fingerprint density at radius 3 is 2.70 bits per heavy atom. The molecule has 1 saturated heterocycles. The number of carbonyl (C=O) groups excluding carboxylic acids is 1. The highest BCUT2D eigenvalue weighted by atomic mass is 16.6. The maximum atomic E-state index is 11.7. The Labute approximate surface area is 113 Å². The van der Waals surface area contributed by atoms with Gasteiger partial charge in [0.2, 0.25) is 5.91 Å². The van der Waals surface area contributed by atoms with Crippen LogP contribution in [0.4, 0.5) is 5.82 Å². The molecular formula is C11H15N3O6. The topological polar surface area (TPSA) is 136 Å². The van der Waals surface area contributed by atoms with Crippen LogP contribution in [0.3, 0.4) is 0 Å². The van der Waals surface area contributed by atoms with Gasteiger partial charge in [0.15, 0.2) is 6.23 Å². The Kier molecular flexibility index (Phi) is 4.14. The number of amides is 1. The van der Waals surface area contributed by atoms with Crippen molar-refractivity contribution in [3.8, 4) is 0 Å². The second kappa shape index (κ2) is 5.67. The SMILES string of the molecule is CC(=O)N(c1cc[nH]c(=O)n1)[C@@H]1O[C@H](CO)[C@@H](O)[C@@H]1O. The second-order valence-corrected chi connectivity index (χ2v) is 4.37. The first-order chi connectivity index (χ1) is 9.45. The third-order valence-electron chi connectivity index (χ3n) is 3.01. The zero-order valence-electron chi connectivity index (χ0n) is 10.6. The highest BCUT2D eigenvalue weighted by molar-refractivity contribution is 5.90. The van der Waals surface area contributed by atoms with E-state index in [2.05, 4.69) is 9.97 Å². The molecule has 1 fully saturated rings. The number of nitrogens with zero attached hydrogens (tertiary/aromatic N) is 2. The third kappa shape index (κ3) is 2.56. The summed E-state index contributed by atoms with van der Waals surface area (Å²) >= 11 is 0. The Hall–Kier alpha value is -1.81. The molecule has 1 aliphatic rings. The third-order valence-corrected chi connectivity index (χ3v) is 3.01. The van der Waals surface area contributed by atoms with Crippen molar-refractivity contribution in [1.29, 1.82) is 0 Å². The molecule has 0 spiro atoms. The van der Waals surface area contributed by atoms with Gasteiger partial charge >= 0.3 is 5.69 Å². The number of carbonyl (C=O) groups is 1. The molecule has 0 aromatic carbocycles. The highest BCUT2D eigenvalue weighted by Gasteiger charge is 2.46. The van der Waals surface area contributed by atoms with Crippen molar-refractivity contribution >= 4 is 11.7 Å². The highest BCUT2D eigenvalue weighted by Crippen LogP contribution is 2.26. The van der Waals surface area contributed by atoms with Crippen LogP contribution in [0.25, 0.3) is 0 Å². The van der Waals surface area contributed by atoms with Gasteiger partial charge in [0.25, 0.3) is 0 Å². The molecule has 1 aromatic heterocycles. The lowest BCUT2D eigenvalue weighted by molar-refractivity contribution is -0.120. The monoisotopic (exact) mass is 285 g/mol. The van der Waals surface area contributed by atoms with Crippen LogP contribution < -0.4 is 10.6 Å². The molecule has 2 heterocycles. The van der Waals surface area contributed by atoms with Crippen LogP contribution in [-0.2, 0) is 9.53 Å². The summed E-state index contributed by atoms with van der Waals surface area (Å²) in [5.74, 6) is -0.547. The fourth-order valence-corrected chi connectivity index (χ4v) is 2.06. The lowest BCUT2D eigenvalue weighted by Gasteiger charge is -2.28. The molecule has 1 aromatic rings. The molecule has 1 amide bonds. The summed E-state index contributed by atoms with van der Waals surface area (Å²) in [6.45, 7) is 0.695. The fourth-order valence-electron chi connectivity index (χ4n) is 2.06. The molecule has 20 heavy (non-hydrogen) atoms. The fraction of sp³-hybridized carbons (Fsp3) is 0.545. The van der Waals surface area contributed by atoms with E-state index in [4.69, 9.17) is 9.84 Å². The van der Waals surface area contributed by atoms with Crippen molar-refractivity contribution < 1.29 is 24.9 Å². The van der Waals surface area contributed by atoms with Crippen LogP contribution in [-0.4, -0.2) is 62.3 Å². The van der Waals surface area contributed by atoms with E-state index < -0.39 is 42.7 Å². The van der Waals surface area contributed by atoms with Crippen LogP contribution in [0.1, 0.15) is 6.92 Å². The number of hydrogen-bond acceptors (Lipinski definition) is 7. The molecule has 9 nitrogen and oxygen atoms in total. The van der Waals surface area contributed by atoms with E-state index in [1.54, 1.807) is 0 Å². The van der Waals surface area contributed by atoms with Crippen molar-refractivity contribution in [2.45, 2.75) is 31.5 Å². The van der Waals surface area contributed by atoms with Gasteiger partial charge in [0.05, 0.1) is 6.61 Å². The number of rotatable bonds is 3. The molecule has 0 radical (unpaired) electrons. The lowest BCUT2D eigenvalue weighted by Crippen LogP contribution is -2.47. The molecule has 0 unspecified atom stereocenters. The average molecular weight is 285 g/mol. The molecule has 0 saturated carbocycles. The molecule has 4 N–H and O–H groups in total. The van der Waals surface area contributed by atoms with Gasteiger partial charge in [0, 0.05) is 13.1 Å². The van der Waals surface area contributed by atoms with Gasteiger partial charge in [0.1, 0.15) is 24.1 Å². The lowest BCUT2D eigenvalue weighted by atomic mass is 10.1. The molecule has 2 rings (SSSR count). The van der Waals surface area contributed by atoms with Crippen molar-refractivity contribution in [1.82, 2.24) is 9.97 Å². The number of aromatic nitrogens is 2. The minimum Gasteiger partial charge on any atom is -0.394 e. The summed E-state index contributed by atoms with van der Waals surface area (Å²) in [5, 5.41) is 28.7. The molecular weight excluding hydrogens is 270 g/mol. The summed E-state index contributed by atoms with van der Waals surface area (Å²) in [7, 11) is 0. The Morgan fingerprint density at radius 1 is 1.50 bits per heavy atom. The minimum absolute atomic E-state index is 0.0175. The van der Waals surface area contributed by atoms with Crippen LogP contribution in [0.5, 0.6) is 0 Å². The van der Waals surface area contributed by atoms with Crippen molar-refractivity contribution in [3.63, 3.8) is 0 Å². The summed E-state index contributed by atoms with van der Waals surface area (Å²) in [5.41, 5.74) is -0.666. The van der Waals surface area contributed by atoms with E-state index >= 15 is 0 Å². The Balaban J connectivity index is 2.35. The Bertz CT molecular complexity index is 547. The summed E-state index contributed by atoms with van der Waals surface area (Å²) in [6.07, 6.45) is -3.71. The summed E-state index contributed by atoms with van der Waals surface area (Å²) < 4.78 is 5.26. The van der Waals surface area contributed by atoms with Gasteiger partial charge in [-0.3, -0.25) is 9.69 Å². The number of aliphatic hydroxyl groups excluding tert-OH is 3. The number of nitrogens with one attached hydrogen (secondary N) is 1. The largest absolute Gasteiger partial charge is 0.394 e. The van der Waals surface area contributed by atoms with Gasteiger partial charge in [-0.1, -0.05) is 0 Å². The number of ether oxygens (including phenoxy) is 1. The maximum absolute atomic E-state index is 11.7. The zero-order chi connectivity index (χ0) is 14.9. The predicted molar refractivity (Wildman–Crippen MR) is 65.8 cm³/mol. The van der Waals surface area contributed by atoms with Crippen LogP contribution in [0.2, 0.25) is 0 Å². The van der Waals surface area contributed by atoms with Gasteiger partial charge in [-0.05, 0) is 6.07 Å². The molecule has 0 bridgehead atoms. The van der Waals surface area contributed by atoms with Crippen LogP contribution in [0, 0.1) is 0 Å². The Morgan fingerprint density at radius 2 is 2.20 bits per heavy atom. The quantitative estimate of drug-likeness (QED) is 0.484. The van der Waals surface area contributed by atoms with Gasteiger partial charge in [-0.2, -0.15) is 4.98 Å². The smallest absolute Gasteiger partial charge is 0.346 e. The van der Waals surface area contributed by atoms with E-state index in [0.29, 0.717) is 0 Å². The van der Waals surface area contributed by atoms with E-state index in [9.17, 15) is 19.8 Å². The number of anilines is 1. The van der Waals surface area contributed by atoms with E-state index in [0.717, 1.165) is 4.90 Å². The molecule has 1 aliphatic heterocycles.